The second-order valence-electron chi connectivity index (χ2n) is 5.93. The molecular formula is C17H12N2O4. The maximum absolute atomic E-state index is 12.7. The maximum atomic E-state index is 12.7. The highest BCUT2D eigenvalue weighted by molar-refractivity contribution is 6.33. The molecule has 0 aromatic heterocycles. The van der Waals surface area contributed by atoms with E-state index < -0.39 is 23.6 Å². The Morgan fingerprint density at radius 3 is 1.57 bits per heavy atom. The molecule has 0 bridgehead atoms. The Labute approximate surface area is 131 Å². The van der Waals surface area contributed by atoms with Crippen molar-refractivity contribution in [3.63, 3.8) is 0 Å². The number of benzene rings is 2. The van der Waals surface area contributed by atoms with Crippen molar-refractivity contribution >= 4 is 34.4 Å². The normalized spacial score (nSPS) is 16.4. The third kappa shape index (κ3) is 1.57. The van der Waals surface area contributed by atoms with Crippen molar-refractivity contribution in [1.29, 1.82) is 0 Å². The van der Waals surface area contributed by atoms with Crippen LogP contribution in [0.5, 0.6) is 0 Å². The summed E-state index contributed by atoms with van der Waals surface area (Å²) >= 11 is 0. The van der Waals surface area contributed by atoms with Crippen LogP contribution in [0.1, 0.15) is 55.3 Å². The van der Waals surface area contributed by atoms with E-state index in [1.54, 1.807) is 26.0 Å². The van der Waals surface area contributed by atoms with Crippen LogP contribution in [-0.2, 0) is 0 Å². The molecule has 2 aromatic carbocycles. The lowest BCUT2D eigenvalue weighted by atomic mass is 9.86. The summed E-state index contributed by atoms with van der Waals surface area (Å²) in [4.78, 5) is 50.6. The smallest absolute Gasteiger partial charge is 0.261 e. The summed E-state index contributed by atoms with van der Waals surface area (Å²) in [5, 5.41) is 3.05. The molecule has 6 nitrogen and oxygen atoms in total. The van der Waals surface area contributed by atoms with Crippen LogP contribution in [0.15, 0.2) is 24.3 Å². The molecule has 2 aliphatic heterocycles. The van der Waals surface area contributed by atoms with Crippen molar-refractivity contribution in [3.05, 3.63) is 46.5 Å². The third-order valence-electron chi connectivity index (χ3n) is 4.29. The molecule has 0 unspecified atom stereocenters. The first-order chi connectivity index (χ1) is 10.9. The summed E-state index contributed by atoms with van der Waals surface area (Å²) in [6.45, 7) is 3.53. The second kappa shape index (κ2) is 4.25. The van der Waals surface area contributed by atoms with Crippen LogP contribution in [0.4, 0.5) is 0 Å². The molecule has 6 heteroatoms. The summed E-state index contributed by atoms with van der Waals surface area (Å²) in [6, 6.07) is 5.86. The summed E-state index contributed by atoms with van der Waals surface area (Å²) < 4.78 is 0. The second-order valence-corrected chi connectivity index (χ2v) is 5.93. The van der Waals surface area contributed by atoms with E-state index in [0.717, 1.165) is 0 Å². The molecule has 1 N–H and O–H groups in total. The average molecular weight is 308 g/mol. The monoisotopic (exact) mass is 308 g/mol. The predicted octanol–water partition coefficient (Wildman–Crippen LogP) is 1.73. The number of hydrogen-bond acceptors (Lipinski definition) is 4. The van der Waals surface area contributed by atoms with E-state index in [0.29, 0.717) is 33.0 Å². The van der Waals surface area contributed by atoms with E-state index in [9.17, 15) is 19.2 Å². The van der Waals surface area contributed by atoms with Gasteiger partial charge in [0.05, 0.1) is 0 Å². The molecular weight excluding hydrogens is 296 g/mol. The molecule has 0 saturated heterocycles. The Kier molecular flexibility index (Phi) is 2.52. The number of nitrogens with zero attached hydrogens (tertiary/aromatic N) is 1. The van der Waals surface area contributed by atoms with Gasteiger partial charge in [-0.1, -0.05) is 0 Å². The van der Waals surface area contributed by atoms with Gasteiger partial charge in [-0.05, 0) is 38.1 Å². The lowest BCUT2D eigenvalue weighted by molar-refractivity contribution is 0.0562. The van der Waals surface area contributed by atoms with E-state index in [1.807, 2.05) is 0 Å². The highest BCUT2D eigenvalue weighted by Crippen LogP contribution is 2.36. The molecule has 2 heterocycles. The number of imide groups is 2. The van der Waals surface area contributed by atoms with E-state index in [4.69, 9.17) is 0 Å². The fourth-order valence-corrected chi connectivity index (χ4v) is 3.29. The highest BCUT2D eigenvalue weighted by Gasteiger charge is 2.37. The minimum Gasteiger partial charge on any atom is -0.288 e. The third-order valence-corrected chi connectivity index (χ3v) is 4.29. The molecule has 0 atom stereocenters. The van der Waals surface area contributed by atoms with Crippen molar-refractivity contribution in [2.45, 2.75) is 19.9 Å². The first kappa shape index (κ1) is 13.6. The van der Waals surface area contributed by atoms with Crippen molar-refractivity contribution < 1.29 is 19.2 Å². The van der Waals surface area contributed by atoms with Crippen LogP contribution in [0.2, 0.25) is 0 Å². The molecule has 0 fully saturated rings. The van der Waals surface area contributed by atoms with Crippen LogP contribution in [0.25, 0.3) is 10.8 Å². The minimum atomic E-state index is -0.516. The van der Waals surface area contributed by atoms with Crippen molar-refractivity contribution in [2.24, 2.45) is 0 Å². The van der Waals surface area contributed by atoms with E-state index in [-0.39, 0.29) is 6.04 Å². The maximum Gasteiger partial charge on any atom is 0.261 e. The summed E-state index contributed by atoms with van der Waals surface area (Å²) in [7, 11) is 0. The number of amides is 4. The van der Waals surface area contributed by atoms with Crippen LogP contribution in [0.3, 0.4) is 0 Å². The van der Waals surface area contributed by atoms with Gasteiger partial charge in [0.25, 0.3) is 23.6 Å². The first-order valence-electron chi connectivity index (χ1n) is 7.25. The lowest BCUT2D eigenvalue weighted by Gasteiger charge is -2.31. The molecule has 2 aliphatic rings. The number of nitrogens with one attached hydrogen (secondary N) is 1. The van der Waals surface area contributed by atoms with Gasteiger partial charge in [-0.25, -0.2) is 0 Å². The predicted molar refractivity (Wildman–Crippen MR) is 81.4 cm³/mol. The Morgan fingerprint density at radius 2 is 1.13 bits per heavy atom. The molecule has 0 saturated carbocycles. The SMILES string of the molecule is CC(C)N1C(=O)c2ccc3c4c(ccc(c24)C1=O)C(=O)NC3=O. The molecule has 0 radical (unpaired) electrons. The van der Waals surface area contributed by atoms with Crippen molar-refractivity contribution in [2.75, 3.05) is 0 Å². The Bertz CT molecular complexity index is 890. The molecule has 4 rings (SSSR count). The minimum absolute atomic E-state index is 0.282. The van der Waals surface area contributed by atoms with Gasteiger partial charge in [-0.2, -0.15) is 0 Å². The van der Waals surface area contributed by atoms with E-state index in [1.165, 1.54) is 17.0 Å². The molecule has 4 amide bonds. The van der Waals surface area contributed by atoms with Gasteiger partial charge in [0.1, 0.15) is 0 Å². The van der Waals surface area contributed by atoms with Gasteiger partial charge in [0, 0.05) is 39.1 Å². The number of rotatable bonds is 1. The highest BCUT2D eigenvalue weighted by atomic mass is 16.2. The topological polar surface area (TPSA) is 83.6 Å². The standard InChI is InChI=1S/C17H12N2O4/c1-7(2)19-16(22)10-5-3-8-12-9(15(21)18-14(8)20)4-6-11(13(10)12)17(19)23/h3-7H,1-2H3,(H,18,20,21). The van der Waals surface area contributed by atoms with Crippen LogP contribution in [0, 0.1) is 0 Å². The summed E-state index contributed by atoms with van der Waals surface area (Å²) in [5.41, 5.74) is 1.30. The molecule has 2 aromatic rings. The fourth-order valence-electron chi connectivity index (χ4n) is 3.29. The molecule has 0 spiro atoms. The van der Waals surface area contributed by atoms with E-state index >= 15 is 0 Å². The zero-order valence-corrected chi connectivity index (χ0v) is 12.5. The Hall–Kier alpha value is -3.02. The van der Waals surface area contributed by atoms with Gasteiger partial charge >= 0.3 is 0 Å². The Morgan fingerprint density at radius 1 is 0.739 bits per heavy atom. The van der Waals surface area contributed by atoms with Gasteiger partial charge in [-0.15, -0.1) is 0 Å². The number of carbonyl (C=O) groups excluding carboxylic acids is 4. The molecule has 23 heavy (non-hydrogen) atoms. The van der Waals surface area contributed by atoms with Crippen molar-refractivity contribution in [3.8, 4) is 0 Å². The largest absolute Gasteiger partial charge is 0.288 e. The quantitative estimate of drug-likeness (QED) is 0.813. The summed E-state index contributed by atoms with van der Waals surface area (Å²) in [6.07, 6.45) is 0. The van der Waals surface area contributed by atoms with Gasteiger partial charge in [0.15, 0.2) is 0 Å². The van der Waals surface area contributed by atoms with Crippen molar-refractivity contribution in [1.82, 2.24) is 10.2 Å². The van der Waals surface area contributed by atoms with Crippen LogP contribution in [-0.4, -0.2) is 34.6 Å². The lowest BCUT2D eigenvalue weighted by Crippen LogP contribution is -2.45. The zero-order chi connectivity index (χ0) is 16.5. The number of carbonyl (C=O) groups is 4. The number of hydrogen-bond donors (Lipinski definition) is 1. The fraction of sp³-hybridized carbons (Fsp3) is 0.176. The molecule has 0 aliphatic carbocycles. The van der Waals surface area contributed by atoms with Crippen LogP contribution < -0.4 is 5.32 Å². The Balaban J connectivity index is 2.16. The van der Waals surface area contributed by atoms with Gasteiger partial charge in [-0.3, -0.25) is 29.4 Å². The van der Waals surface area contributed by atoms with Gasteiger partial charge < -0.3 is 0 Å². The zero-order valence-electron chi connectivity index (χ0n) is 12.5. The first-order valence-corrected chi connectivity index (χ1v) is 7.25. The molecule has 114 valence electrons. The van der Waals surface area contributed by atoms with Crippen LogP contribution >= 0.6 is 0 Å². The summed E-state index contributed by atoms with van der Waals surface area (Å²) in [5.74, 6) is -1.84. The average Bonchev–Trinajstić information content (AvgIpc) is 2.50. The van der Waals surface area contributed by atoms with E-state index in [2.05, 4.69) is 5.32 Å². The van der Waals surface area contributed by atoms with Gasteiger partial charge in [0.2, 0.25) is 0 Å².